The van der Waals surface area contributed by atoms with E-state index in [0.717, 1.165) is 21.0 Å². The average Bonchev–Trinajstić information content (AvgIpc) is 2.79. The number of benzene rings is 3. The molecule has 0 aliphatic rings. The Balaban J connectivity index is 1.76. The highest BCUT2D eigenvalue weighted by molar-refractivity contribution is 7.92. The van der Waals surface area contributed by atoms with Gasteiger partial charge >= 0.3 is 5.97 Å². The summed E-state index contributed by atoms with van der Waals surface area (Å²) in [4.78, 5) is 24.9. The van der Waals surface area contributed by atoms with E-state index in [1.54, 1.807) is 18.2 Å². The zero-order chi connectivity index (χ0) is 23.5. The molecule has 0 aliphatic carbocycles. The number of esters is 1. The van der Waals surface area contributed by atoms with Crippen LogP contribution in [-0.4, -0.2) is 33.8 Å². The number of sulfonamides is 1. The van der Waals surface area contributed by atoms with Crippen molar-refractivity contribution in [3.63, 3.8) is 0 Å². The highest BCUT2D eigenvalue weighted by Crippen LogP contribution is 2.23. The molecule has 3 aromatic carbocycles. The largest absolute Gasteiger partial charge is 0.454 e. The molecule has 0 saturated heterocycles. The van der Waals surface area contributed by atoms with E-state index < -0.39 is 22.6 Å². The Morgan fingerprint density at radius 3 is 2.22 bits per heavy atom. The molecule has 7 heteroatoms. The molecule has 0 atom stereocenters. The summed E-state index contributed by atoms with van der Waals surface area (Å²) < 4.78 is 32.4. The number of aryl methyl sites for hydroxylation is 3. The lowest BCUT2D eigenvalue weighted by Gasteiger charge is -2.20. The van der Waals surface area contributed by atoms with Crippen LogP contribution >= 0.6 is 0 Å². The number of hydrogen-bond donors (Lipinski definition) is 0. The van der Waals surface area contributed by atoms with Crippen molar-refractivity contribution in [1.82, 2.24) is 0 Å². The third kappa shape index (κ3) is 5.06. The van der Waals surface area contributed by atoms with Gasteiger partial charge in [-0.2, -0.15) is 0 Å². The number of ketones is 1. The Bertz CT molecular complexity index is 1260. The van der Waals surface area contributed by atoms with E-state index in [1.165, 1.54) is 31.3 Å². The Morgan fingerprint density at radius 2 is 1.53 bits per heavy atom. The summed E-state index contributed by atoms with van der Waals surface area (Å²) in [7, 11) is -2.43. The molecular weight excluding hydrogens is 426 g/mol. The molecule has 0 heterocycles. The van der Waals surface area contributed by atoms with Crippen LogP contribution in [0, 0.1) is 20.8 Å². The quantitative estimate of drug-likeness (QED) is 0.391. The lowest BCUT2D eigenvalue weighted by atomic mass is 10.0. The first-order valence-corrected chi connectivity index (χ1v) is 11.5. The Morgan fingerprint density at radius 1 is 0.875 bits per heavy atom. The van der Waals surface area contributed by atoms with Crippen LogP contribution in [0.4, 0.5) is 5.69 Å². The van der Waals surface area contributed by atoms with E-state index in [4.69, 9.17) is 4.74 Å². The standard InChI is InChI=1S/C25H25NO5S/c1-17-9-12-21(13-10-17)26(4)32(29,30)22-7-5-6-20(15-22)25(28)31-16-24(27)23-14-18(2)8-11-19(23)3/h5-15H,16H2,1-4H3. The van der Waals surface area contributed by atoms with E-state index in [-0.39, 0.29) is 16.2 Å². The molecular formula is C25H25NO5S. The highest BCUT2D eigenvalue weighted by atomic mass is 32.2. The summed E-state index contributed by atoms with van der Waals surface area (Å²) in [5, 5.41) is 0. The number of rotatable bonds is 7. The van der Waals surface area contributed by atoms with E-state index in [2.05, 4.69) is 0 Å². The molecule has 0 saturated carbocycles. The van der Waals surface area contributed by atoms with Crippen LogP contribution in [0.1, 0.15) is 37.4 Å². The number of carbonyl (C=O) groups is 2. The number of hydrogen-bond acceptors (Lipinski definition) is 5. The first kappa shape index (κ1) is 23.2. The van der Waals surface area contributed by atoms with Crippen LogP contribution in [0.3, 0.4) is 0 Å². The van der Waals surface area contributed by atoms with Crippen molar-refractivity contribution in [3.05, 3.63) is 94.5 Å². The van der Waals surface area contributed by atoms with Crippen molar-refractivity contribution in [1.29, 1.82) is 0 Å². The Hall–Kier alpha value is -3.45. The van der Waals surface area contributed by atoms with Crippen molar-refractivity contribution in [2.75, 3.05) is 18.0 Å². The van der Waals surface area contributed by atoms with Gasteiger partial charge in [-0.1, -0.05) is 41.5 Å². The number of nitrogens with zero attached hydrogens (tertiary/aromatic N) is 1. The lowest BCUT2D eigenvalue weighted by Crippen LogP contribution is -2.26. The molecule has 3 rings (SSSR count). The van der Waals surface area contributed by atoms with Crippen molar-refractivity contribution in [2.24, 2.45) is 0 Å². The minimum atomic E-state index is -3.89. The van der Waals surface area contributed by atoms with Crippen LogP contribution in [0.15, 0.2) is 71.6 Å². The highest BCUT2D eigenvalue weighted by Gasteiger charge is 2.23. The molecule has 3 aromatic rings. The van der Waals surface area contributed by atoms with Crippen molar-refractivity contribution >= 4 is 27.5 Å². The van der Waals surface area contributed by atoms with E-state index in [9.17, 15) is 18.0 Å². The van der Waals surface area contributed by atoms with Gasteiger partial charge in [-0.25, -0.2) is 13.2 Å². The molecule has 0 fully saturated rings. The SMILES string of the molecule is Cc1ccc(N(C)S(=O)(=O)c2cccc(C(=O)OCC(=O)c3cc(C)ccc3C)c2)cc1. The van der Waals surface area contributed by atoms with Gasteiger partial charge in [0.25, 0.3) is 10.0 Å². The van der Waals surface area contributed by atoms with E-state index in [1.807, 2.05) is 45.0 Å². The molecule has 0 unspecified atom stereocenters. The van der Waals surface area contributed by atoms with E-state index in [0.29, 0.717) is 11.3 Å². The molecule has 0 aliphatic heterocycles. The van der Waals surface area contributed by atoms with Crippen molar-refractivity contribution in [3.8, 4) is 0 Å². The molecule has 0 bridgehead atoms. The lowest BCUT2D eigenvalue weighted by molar-refractivity contribution is 0.0474. The third-order valence-corrected chi connectivity index (χ3v) is 6.94. The minimum absolute atomic E-state index is 0.0455. The van der Waals surface area contributed by atoms with E-state index >= 15 is 0 Å². The molecule has 0 aromatic heterocycles. The number of anilines is 1. The Kier molecular flexibility index (Phi) is 6.79. The monoisotopic (exact) mass is 451 g/mol. The van der Waals surface area contributed by atoms with Crippen LogP contribution in [0.2, 0.25) is 0 Å². The van der Waals surface area contributed by atoms with Gasteiger partial charge in [-0.05, 0) is 62.7 Å². The predicted octanol–water partition coefficient (Wildman–Crippen LogP) is 4.48. The minimum Gasteiger partial charge on any atom is -0.454 e. The first-order chi connectivity index (χ1) is 15.1. The molecule has 0 amide bonds. The van der Waals surface area contributed by atoms with Crippen LogP contribution < -0.4 is 4.31 Å². The number of carbonyl (C=O) groups excluding carboxylic acids is 2. The summed E-state index contributed by atoms with van der Waals surface area (Å²) in [6.07, 6.45) is 0. The smallest absolute Gasteiger partial charge is 0.338 e. The van der Waals surface area contributed by atoms with Crippen LogP contribution in [0.5, 0.6) is 0 Å². The van der Waals surface area contributed by atoms with Crippen molar-refractivity contribution < 1.29 is 22.7 Å². The van der Waals surface area contributed by atoms with Gasteiger partial charge in [0, 0.05) is 12.6 Å². The fourth-order valence-electron chi connectivity index (χ4n) is 3.16. The fourth-order valence-corrected chi connectivity index (χ4v) is 4.41. The normalized spacial score (nSPS) is 11.1. The zero-order valence-electron chi connectivity index (χ0n) is 18.5. The molecule has 0 radical (unpaired) electrons. The maximum Gasteiger partial charge on any atom is 0.338 e. The Labute approximate surface area is 188 Å². The summed E-state index contributed by atoms with van der Waals surface area (Å²) in [5.74, 6) is -1.08. The third-order valence-electron chi connectivity index (χ3n) is 5.15. The molecule has 0 N–H and O–H groups in total. The maximum absolute atomic E-state index is 13.0. The van der Waals surface area contributed by atoms with Crippen LogP contribution in [-0.2, 0) is 14.8 Å². The maximum atomic E-state index is 13.0. The second-order valence-corrected chi connectivity index (χ2v) is 9.62. The number of Topliss-reactive ketones (excluding diaryl/α,β-unsaturated/α-hetero) is 1. The zero-order valence-corrected chi connectivity index (χ0v) is 19.3. The van der Waals surface area contributed by atoms with Gasteiger partial charge in [0.1, 0.15) is 0 Å². The van der Waals surface area contributed by atoms with Gasteiger partial charge < -0.3 is 4.74 Å². The fraction of sp³-hybridized carbons (Fsp3) is 0.200. The molecule has 32 heavy (non-hydrogen) atoms. The molecule has 166 valence electrons. The van der Waals surface area contributed by atoms with Gasteiger partial charge in [0.2, 0.25) is 5.78 Å². The first-order valence-electron chi connectivity index (χ1n) is 10.0. The topological polar surface area (TPSA) is 80.8 Å². The summed E-state index contributed by atoms with van der Waals surface area (Å²) >= 11 is 0. The summed E-state index contributed by atoms with van der Waals surface area (Å²) in [5.41, 5.74) is 3.79. The van der Waals surface area contributed by atoms with Gasteiger partial charge in [0.15, 0.2) is 6.61 Å². The number of ether oxygens (including phenoxy) is 1. The van der Waals surface area contributed by atoms with Gasteiger partial charge in [-0.15, -0.1) is 0 Å². The van der Waals surface area contributed by atoms with Gasteiger partial charge in [-0.3, -0.25) is 9.10 Å². The molecule has 0 spiro atoms. The second kappa shape index (κ2) is 9.36. The molecule has 6 nitrogen and oxygen atoms in total. The van der Waals surface area contributed by atoms with Gasteiger partial charge in [0.05, 0.1) is 16.1 Å². The second-order valence-electron chi connectivity index (χ2n) is 7.65. The predicted molar refractivity (Wildman–Crippen MR) is 124 cm³/mol. The summed E-state index contributed by atoms with van der Waals surface area (Å²) in [6, 6.07) is 18.1. The average molecular weight is 452 g/mol. The summed E-state index contributed by atoms with van der Waals surface area (Å²) in [6.45, 7) is 5.18. The van der Waals surface area contributed by atoms with Crippen LogP contribution in [0.25, 0.3) is 0 Å². The van der Waals surface area contributed by atoms with Crippen molar-refractivity contribution in [2.45, 2.75) is 25.7 Å².